The van der Waals surface area contributed by atoms with E-state index >= 15 is 0 Å². The molecule has 0 saturated carbocycles. The fourth-order valence-electron chi connectivity index (χ4n) is 4.10. The summed E-state index contributed by atoms with van der Waals surface area (Å²) in [6, 6.07) is 9.94. The van der Waals surface area contributed by atoms with Gasteiger partial charge in [-0.2, -0.15) is 0 Å². The normalized spacial score (nSPS) is 15.8. The predicted molar refractivity (Wildman–Crippen MR) is 121 cm³/mol. The number of para-hydroxylation sites is 1. The molecule has 1 unspecified atom stereocenters. The lowest BCUT2D eigenvalue weighted by molar-refractivity contribution is 0.0515. The molecular weight excluding hydrogens is 460 g/mol. The fourth-order valence-corrected chi connectivity index (χ4v) is 4.31. The second kappa shape index (κ2) is 8.24. The topological polar surface area (TPSA) is 89.0 Å². The zero-order valence-corrected chi connectivity index (χ0v) is 18.8. The molecule has 3 aromatic heterocycles. The molecule has 0 spiro atoms. The maximum absolute atomic E-state index is 5.73. The largest absolute Gasteiger partial charge is 0.467 e. The predicted octanol–water partition coefficient (Wildman–Crippen LogP) is 4.28. The summed E-state index contributed by atoms with van der Waals surface area (Å²) in [6.07, 6.45) is 4.42. The van der Waals surface area contributed by atoms with E-state index in [1.807, 2.05) is 24.3 Å². The van der Waals surface area contributed by atoms with Crippen molar-refractivity contribution in [2.24, 2.45) is 0 Å². The van der Waals surface area contributed by atoms with Gasteiger partial charge in [0.1, 0.15) is 5.75 Å². The van der Waals surface area contributed by atoms with Gasteiger partial charge in [0.15, 0.2) is 12.4 Å². The average molecular weight is 481 g/mol. The molecule has 0 radical (unpaired) electrons. The lowest BCUT2D eigenvalue weighted by atomic mass is 9.97. The van der Waals surface area contributed by atoms with E-state index in [2.05, 4.69) is 59.0 Å². The SMILES string of the molecule is COCOc1ccccc1-c1cc2c3c([nH]c2nn1)CCN(c1ncc(Br)cn1)C3C. The number of H-pyrrole nitrogens is 1. The highest BCUT2D eigenvalue weighted by molar-refractivity contribution is 9.10. The number of aromatic amines is 1. The van der Waals surface area contributed by atoms with Crippen LogP contribution in [0.3, 0.4) is 0 Å². The van der Waals surface area contributed by atoms with Gasteiger partial charge in [-0.05, 0) is 41.1 Å². The number of fused-ring (bicyclic) bond motifs is 3. The van der Waals surface area contributed by atoms with Crippen molar-refractivity contribution in [2.45, 2.75) is 19.4 Å². The first-order valence-electron chi connectivity index (χ1n) is 9.99. The van der Waals surface area contributed by atoms with Crippen LogP contribution in [0, 0.1) is 0 Å². The summed E-state index contributed by atoms with van der Waals surface area (Å²) < 4.78 is 11.7. The third kappa shape index (κ3) is 3.64. The highest BCUT2D eigenvalue weighted by Crippen LogP contribution is 2.38. The number of nitrogens with zero attached hydrogens (tertiary/aromatic N) is 5. The maximum atomic E-state index is 5.73. The molecule has 0 fully saturated rings. The Kier molecular flexibility index (Phi) is 5.29. The molecule has 0 saturated heterocycles. The summed E-state index contributed by atoms with van der Waals surface area (Å²) in [5, 5.41) is 9.99. The van der Waals surface area contributed by atoms with Gasteiger partial charge in [0.25, 0.3) is 0 Å². The van der Waals surface area contributed by atoms with Gasteiger partial charge in [-0.1, -0.05) is 12.1 Å². The van der Waals surface area contributed by atoms with Crippen molar-refractivity contribution >= 4 is 32.9 Å². The van der Waals surface area contributed by atoms with Crippen LogP contribution in [0.25, 0.3) is 22.3 Å². The van der Waals surface area contributed by atoms with Gasteiger partial charge < -0.3 is 19.4 Å². The quantitative estimate of drug-likeness (QED) is 0.426. The second-order valence-electron chi connectivity index (χ2n) is 7.38. The summed E-state index contributed by atoms with van der Waals surface area (Å²) in [6.45, 7) is 3.18. The standard InChI is InChI=1S/C22H21BrN6O2/c1-13-20-16-9-18(15-5-3-4-6-19(15)31-12-30-2)27-28-21(16)26-17(20)7-8-29(13)22-24-10-14(23)11-25-22/h3-6,9-11,13H,7-8,12H2,1-2H3,(H,26,28). The van der Waals surface area contributed by atoms with E-state index in [0.29, 0.717) is 5.75 Å². The van der Waals surface area contributed by atoms with Crippen LogP contribution in [-0.2, 0) is 11.2 Å². The van der Waals surface area contributed by atoms with Crippen molar-refractivity contribution in [1.29, 1.82) is 0 Å². The first-order valence-corrected chi connectivity index (χ1v) is 10.8. The van der Waals surface area contributed by atoms with Crippen molar-refractivity contribution in [3.8, 4) is 17.0 Å². The van der Waals surface area contributed by atoms with Crippen LogP contribution in [0.5, 0.6) is 5.75 Å². The Hall–Kier alpha value is -3.04. The van der Waals surface area contributed by atoms with E-state index in [0.717, 1.165) is 45.7 Å². The van der Waals surface area contributed by atoms with E-state index in [-0.39, 0.29) is 12.8 Å². The van der Waals surface area contributed by atoms with Crippen LogP contribution < -0.4 is 9.64 Å². The van der Waals surface area contributed by atoms with Crippen molar-refractivity contribution in [2.75, 3.05) is 25.3 Å². The molecular formula is C22H21BrN6O2. The Morgan fingerprint density at radius 2 is 2.00 bits per heavy atom. The fraction of sp³-hybridized carbons (Fsp3) is 0.273. The minimum Gasteiger partial charge on any atom is -0.467 e. The molecule has 5 rings (SSSR count). The number of ether oxygens (including phenoxy) is 2. The second-order valence-corrected chi connectivity index (χ2v) is 8.29. The number of hydrogen-bond acceptors (Lipinski definition) is 7. The van der Waals surface area contributed by atoms with E-state index < -0.39 is 0 Å². The highest BCUT2D eigenvalue weighted by atomic mass is 79.9. The van der Waals surface area contributed by atoms with Crippen LogP contribution in [-0.4, -0.2) is 45.6 Å². The van der Waals surface area contributed by atoms with Crippen LogP contribution in [0.4, 0.5) is 5.95 Å². The number of nitrogens with one attached hydrogen (secondary N) is 1. The molecule has 1 aliphatic heterocycles. The molecule has 158 valence electrons. The molecule has 31 heavy (non-hydrogen) atoms. The van der Waals surface area contributed by atoms with Gasteiger partial charge in [0.2, 0.25) is 5.95 Å². The minimum absolute atomic E-state index is 0.0933. The molecule has 0 bridgehead atoms. The van der Waals surface area contributed by atoms with Crippen molar-refractivity contribution in [3.05, 3.63) is 58.5 Å². The van der Waals surface area contributed by atoms with Crippen molar-refractivity contribution in [3.63, 3.8) is 0 Å². The first-order chi connectivity index (χ1) is 15.2. The Morgan fingerprint density at radius 3 is 2.81 bits per heavy atom. The van der Waals surface area contributed by atoms with Gasteiger partial charge in [0, 0.05) is 54.7 Å². The molecule has 4 aromatic rings. The molecule has 0 aliphatic carbocycles. The zero-order valence-electron chi connectivity index (χ0n) is 17.2. The molecule has 1 aromatic carbocycles. The number of aromatic nitrogens is 5. The molecule has 9 heteroatoms. The van der Waals surface area contributed by atoms with E-state index in [9.17, 15) is 0 Å². The summed E-state index contributed by atoms with van der Waals surface area (Å²) >= 11 is 3.41. The third-order valence-corrected chi connectivity index (χ3v) is 5.93. The van der Waals surface area contributed by atoms with Gasteiger partial charge in [-0.3, -0.25) is 0 Å². The monoisotopic (exact) mass is 480 g/mol. The summed E-state index contributed by atoms with van der Waals surface area (Å²) in [7, 11) is 1.60. The Morgan fingerprint density at radius 1 is 1.19 bits per heavy atom. The lowest BCUT2D eigenvalue weighted by Crippen LogP contribution is -2.34. The lowest BCUT2D eigenvalue weighted by Gasteiger charge is -2.33. The molecule has 0 amide bonds. The zero-order chi connectivity index (χ0) is 21.4. The van der Waals surface area contributed by atoms with Gasteiger partial charge in [-0.15, -0.1) is 10.2 Å². The summed E-state index contributed by atoms with van der Waals surface area (Å²) in [5.41, 5.74) is 4.81. The summed E-state index contributed by atoms with van der Waals surface area (Å²) in [4.78, 5) is 14.7. The van der Waals surface area contributed by atoms with Gasteiger partial charge in [0.05, 0.1) is 16.2 Å². The third-order valence-electron chi connectivity index (χ3n) is 5.53. The number of hydrogen-bond donors (Lipinski definition) is 1. The van der Waals surface area contributed by atoms with Crippen molar-refractivity contribution in [1.82, 2.24) is 25.1 Å². The van der Waals surface area contributed by atoms with Gasteiger partial charge in [-0.25, -0.2) is 9.97 Å². The maximum Gasteiger partial charge on any atom is 0.225 e. The Balaban J connectivity index is 1.57. The Labute approximate surface area is 187 Å². The first kappa shape index (κ1) is 19.9. The molecule has 1 atom stereocenters. The van der Waals surface area contributed by atoms with Crippen LogP contribution in [0.1, 0.15) is 24.2 Å². The van der Waals surface area contributed by atoms with Crippen LogP contribution in [0.15, 0.2) is 47.2 Å². The average Bonchev–Trinajstić information content (AvgIpc) is 3.17. The Bertz CT molecular complexity index is 1230. The molecule has 1 N–H and O–H groups in total. The number of benzene rings is 1. The van der Waals surface area contributed by atoms with E-state index in [4.69, 9.17) is 9.47 Å². The van der Waals surface area contributed by atoms with E-state index in [1.54, 1.807) is 19.5 Å². The number of methoxy groups -OCH3 is 1. The van der Waals surface area contributed by atoms with Gasteiger partial charge >= 0.3 is 0 Å². The van der Waals surface area contributed by atoms with Crippen LogP contribution in [0.2, 0.25) is 0 Å². The van der Waals surface area contributed by atoms with Crippen LogP contribution >= 0.6 is 15.9 Å². The summed E-state index contributed by atoms with van der Waals surface area (Å²) in [5.74, 6) is 1.43. The molecule has 1 aliphatic rings. The highest BCUT2D eigenvalue weighted by Gasteiger charge is 2.30. The minimum atomic E-state index is 0.0933. The number of anilines is 1. The van der Waals surface area contributed by atoms with E-state index in [1.165, 1.54) is 11.3 Å². The smallest absolute Gasteiger partial charge is 0.225 e. The molecule has 4 heterocycles. The van der Waals surface area contributed by atoms with Crippen molar-refractivity contribution < 1.29 is 9.47 Å². The number of rotatable bonds is 5. The number of halogens is 1. The molecule has 8 nitrogen and oxygen atoms in total.